The minimum Gasteiger partial charge on any atom is -0.310 e. The summed E-state index contributed by atoms with van der Waals surface area (Å²) >= 11 is 0. The van der Waals surface area contributed by atoms with Crippen LogP contribution in [0.5, 0.6) is 0 Å². The van der Waals surface area contributed by atoms with Crippen LogP contribution >= 0.6 is 0 Å². The van der Waals surface area contributed by atoms with Crippen molar-refractivity contribution in [3.8, 4) is 22.3 Å². The van der Waals surface area contributed by atoms with Gasteiger partial charge in [0.2, 0.25) is 0 Å². The van der Waals surface area contributed by atoms with Gasteiger partial charge in [-0.2, -0.15) is 0 Å². The maximum absolute atomic E-state index is 2.48. The third-order valence-corrected chi connectivity index (χ3v) is 13.4. The second kappa shape index (κ2) is 15.3. The average Bonchev–Trinajstić information content (AvgIpc) is 3.78. The van der Waals surface area contributed by atoms with E-state index in [-0.39, 0.29) is 0 Å². The predicted octanol–water partition coefficient (Wildman–Crippen LogP) is 16.1. The lowest BCUT2D eigenvalue weighted by molar-refractivity contribution is 0.602. The van der Waals surface area contributed by atoms with Gasteiger partial charge in [-0.25, -0.2) is 0 Å². The fraction of sp³-hybridized carbons (Fsp3) is 0.133. The van der Waals surface area contributed by atoms with Gasteiger partial charge in [0.25, 0.3) is 0 Å². The van der Waals surface area contributed by atoms with Crippen LogP contribution in [-0.4, -0.2) is 0 Å². The summed E-state index contributed by atoms with van der Waals surface area (Å²) < 4.78 is 0. The number of fused-ring (bicyclic) bond motifs is 10. The zero-order valence-electron chi connectivity index (χ0n) is 35.0. The van der Waals surface area contributed by atoms with Crippen molar-refractivity contribution in [3.63, 3.8) is 0 Å². The van der Waals surface area contributed by atoms with Crippen molar-refractivity contribution in [2.75, 3.05) is 4.90 Å². The van der Waals surface area contributed by atoms with Gasteiger partial charge in [-0.3, -0.25) is 0 Å². The molecule has 0 bridgehead atoms. The standard InChI is InChI=1S/C60H49N/c1-41-20-28-46(29-21-41)55(47-30-24-44(25-31-47)38-43-12-4-3-5-13-43)39-45-26-34-49(35-27-45)61(48-32-22-42(2)23-33-48)50-36-37-54-53-16-8-11-19-58(53)60(59(54)40-50)56-17-9-6-14-51(56)52-15-7-10-18-57(52)60/h6-11,14-40H,3-5,12-13H2,1-2H3. The minimum atomic E-state index is -0.403. The minimum absolute atomic E-state index is 0.403. The maximum atomic E-state index is 2.48. The lowest BCUT2D eigenvalue weighted by Crippen LogP contribution is -2.26. The Morgan fingerprint density at radius 1 is 0.426 bits per heavy atom. The highest BCUT2D eigenvalue weighted by molar-refractivity contribution is 5.97. The molecule has 11 rings (SSSR count). The van der Waals surface area contributed by atoms with Crippen LogP contribution < -0.4 is 4.90 Å². The first-order chi connectivity index (χ1) is 30.0. The smallest absolute Gasteiger partial charge is 0.0726 e. The van der Waals surface area contributed by atoms with E-state index in [0.29, 0.717) is 0 Å². The first kappa shape index (κ1) is 37.1. The molecular formula is C60H49N. The Kier molecular flexibility index (Phi) is 9.27. The molecule has 1 heteroatoms. The van der Waals surface area contributed by atoms with Crippen LogP contribution in [0.15, 0.2) is 194 Å². The number of anilines is 3. The predicted molar refractivity (Wildman–Crippen MR) is 258 cm³/mol. The summed E-state index contributed by atoms with van der Waals surface area (Å²) in [7, 11) is 0. The highest BCUT2D eigenvalue weighted by atomic mass is 15.1. The van der Waals surface area contributed by atoms with Crippen molar-refractivity contribution < 1.29 is 0 Å². The number of hydrogen-bond acceptors (Lipinski definition) is 1. The Morgan fingerprint density at radius 3 is 1.43 bits per heavy atom. The van der Waals surface area contributed by atoms with Gasteiger partial charge >= 0.3 is 0 Å². The van der Waals surface area contributed by atoms with Gasteiger partial charge in [0.15, 0.2) is 0 Å². The molecule has 61 heavy (non-hydrogen) atoms. The number of allylic oxidation sites excluding steroid dienone is 1. The topological polar surface area (TPSA) is 3.24 Å². The second-order valence-electron chi connectivity index (χ2n) is 17.3. The van der Waals surface area contributed by atoms with Crippen LogP contribution in [0.25, 0.3) is 40.0 Å². The molecule has 294 valence electrons. The number of hydrogen-bond donors (Lipinski definition) is 0. The molecule has 3 aliphatic rings. The lowest BCUT2D eigenvalue weighted by Gasteiger charge is -2.32. The van der Waals surface area contributed by atoms with E-state index in [9.17, 15) is 0 Å². The van der Waals surface area contributed by atoms with Crippen molar-refractivity contribution in [2.45, 2.75) is 51.4 Å². The number of benzene rings is 8. The van der Waals surface area contributed by atoms with E-state index in [1.54, 1.807) is 5.57 Å². The van der Waals surface area contributed by atoms with Gasteiger partial charge in [0.1, 0.15) is 0 Å². The average molecular weight is 784 g/mol. The van der Waals surface area contributed by atoms with Crippen LogP contribution in [-0.2, 0) is 5.41 Å². The van der Waals surface area contributed by atoms with Crippen molar-refractivity contribution in [1.82, 2.24) is 0 Å². The zero-order chi connectivity index (χ0) is 40.9. The molecule has 0 atom stereocenters. The summed E-state index contributed by atoms with van der Waals surface area (Å²) in [5.74, 6) is 0. The molecule has 0 radical (unpaired) electrons. The molecule has 0 heterocycles. The van der Waals surface area contributed by atoms with Crippen molar-refractivity contribution >= 4 is 34.8 Å². The Labute approximate surface area is 361 Å². The molecule has 3 aliphatic carbocycles. The van der Waals surface area contributed by atoms with Crippen molar-refractivity contribution in [1.29, 1.82) is 0 Å². The second-order valence-corrected chi connectivity index (χ2v) is 17.3. The van der Waals surface area contributed by atoms with Gasteiger partial charge < -0.3 is 4.90 Å². The molecule has 1 saturated carbocycles. The van der Waals surface area contributed by atoms with E-state index < -0.39 is 5.41 Å². The summed E-state index contributed by atoms with van der Waals surface area (Å²) in [4.78, 5) is 2.43. The molecule has 1 nitrogen and oxygen atoms in total. The van der Waals surface area contributed by atoms with Crippen molar-refractivity contribution in [3.05, 3.63) is 249 Å². The number of rotatable bonds is 7. The first-order valence-corrected chi connectivity index (χ1v) is 22.0. The monoisotopic (exact) mass is 783 g/mol. The van der Waals surface area contributed by atoms with Crippen LogP contribution in [0.2, 0.25) is 0 Å². The SMILES string of the molecule is Cc1ccc(C(=Cc2ccc(N(c3ccc(C)cc3)c3ccc4c(c3)C3(c5ccccc5-c5ccccc53)c3ccccc3-4)cc2)c2ccc(C=C3CCCCC3)cc2)cc1. The summed E-state index contributed by atoms with van der Waals surface area (Å²) in [6.07, 6.45) is 11.2. The van der Waals surface area contributed by atoms with Gasteiger partial charge in [-0.15, -0.1) is 0 Å². The fourth-order valence-corrected chi connectivity index (χ4v) is 10.5. The summed E-state index contributed by atoms with van der Waals surface area (Å²) in [6, 6.07) is 70.5. The normalized spacial score (nSPS) is 14.6. The summed E-state index contributed by atoms with van der Waals surface area (Å²) in [5.41, 5.74) is 23.9. The van der Waals surface area contributed by atoms with Gasteiger partial charge in [0, 0.05) is 17.1 Å². The molecule has 0 N–H and O–H groups in total. The highest BCUT2D eigenvalue weighted by Gasteiger charge is 2.51. The van der Waals surface area contributed by atoms with Crippen LogP contribution in [0.3, 0.4) is 0 Å². The zero-order valence-corrected chi connectivity index (χ0v) is 35.0. The Balaban J connectivity index is 1.02. The Bertz CT molecular complexity index is 2910. The van der Waals surface area contributed by atoms with Crippen molar-refractivity contribution in [2.24, 2.45) is 0 Å². The van der Waals surface area contributed by atoms with Crippen LogP contribution in [0.1, 0.15) is 87.7 Å². The summed E-state index contributed by atoms with van der Waals surface area (Å²) in [6.45, 7) is 4.32. The molecule has 0 amide bonds. The molecule has 0 saturated heterocycles. The van der Waals surface area contributed by atoms with Crippen LogP contribution in [0, 0.1) is 13.8 Å². The largest absolute Gasteiger partial charge is 0.310 e. The third kappa shape index (κ3) is 6.39. The van der Waals surface area contributed by atoms with Gasteiger partial charge in [-0.1, -0.05) is 181 Å². The van der Waals surface area contributed by atoms with Gasteiger partial charge in [0.05, 0.1) is 5.41 Å². The molecule has 1 fully saturated rings. The van der Waals surface area contributed by atoms with E-state index >= 15 is 0 Å². The molecule has 0 aromatic heterocycles. The quantitative estimate of drug-likeness (QED) is 0.146. The van der Waals surface area contributed by atoms with E-state index in [0.717, 1.165) is 17.1 Å². The summed E-state index contributed by atoms with van der Waals surface area (Å²) in [5, 5.41) is 0. The molecular weight excluding hydrogens is 735 g/mol. The van der Waals surface area contributed by atoms with E-state index in [2.05, 4.69) is 219 Å². The Hall–Kier alpha value is -6.96. The molecule has 0 aliphatic heterocycles. The third-order valence-electron chi connectivity index (χ3n) is 13.4. The molecule has 1 spiro atoms. The first-order valence-electron chi connectivity index (χ1n) is 22.0. The highest BCUT2D eigenvalue weighted by Crippen LogP contribution is 2.63. The van der Waals surface area contributed by atoms with E-state index in [1.807, 2.05) is 0 Å². The van der Waals surface area contributed by atoms with E-state index in [4.69, 9.17) is 0 Å². The lowest BCUT2D eigenvalue weighted by atomic mass is 9.70. The molecule has 8 aromatic rings. The number of aryl methyl sites for hydroxylation is 2. The fourth-order valence-electron chi connectivity index (χ4n) is 10.5. The van der Waals surface area contributed by atoms with E-state index in [1.165, 1.54) is 116 Å². The maximum Gasteiger partial charge on any atom is 0.0726 e. The molecule has 8 aromatic carbocycles. The van der Waals surface area contributed by atoms with Crippen LogP contribution in [0.4, 0.5) is 17.1 Å². The van der Waals surface area contributed by atoms with Gasteiger partial charge in [-0.05, 0) is 154 Å². The number of nitrogens with zero attached hydrogens (tertiary/aromatic N) is 1. The Morgan fingerprint density at radius 2 is 0.869 bits per heavy atom. The molecule has 0 unspecified atom stereocenters.